The van der Waals surface area contributed by atoms with E-state index in [1.54, 1.807) is 7.11 Å². The molecule has 1 saturated carbocycles. The summed E-state index contributed by atoms with van der Waals surface area (Å²) in [5.41, 5.74) is 6.36. The third-order valence-electron chi connectivity index (χ3n) is 4.09. The average Bonchev–Trinajstić information content (AvgIpc) is 2.20. The monoisotopic (exact) mass is 228 g/mol. The van der Waals surface area contributed by atoms with Crippen LogP contribution in [-0.4, -0.2) is 44.3 Å². The van der Waals surface area contributed by atoms with Gasteiger partial charge in [-0.3, -0.25) is 4.90 Å². The lowest BCUT2D eigenvalue weighted by Gasteiger charge is -2.42. The molecule has 0 saturated heterocycles. The van der Waals surface area contributed by atoms with Gasteiger partial charge in [0.1, 0.15) is 0 Å². The molecule has 96 valence electrons. The van der Waals surface area contributed by atoms with Gasteiger partial charge < -0.3 is 10.5 Å². The number of hydrogen-bond donors (Lipinski definition) is 1. The molecule has 0 aromatic heterocycles. The van der Waals surface area contributed by atoms with E-state index in [-0.39, 0.29) is 0 Å². The van der Waals surface area contributed by atoms with Crippen LogP contribution in [0.25, 0.3) is 0 Å². The molecular weight excluding hydrogens is 200 g/mol. The maximum absolute atomic E-state index is 5.89. The fourth-order valence-electron chi connectivity index (χ4n) is 2.45. The van der Waals surface area contributed by atoms with E-state index in [0.717, 1.165) is 26.2 Å². The third kappa shape index (κ3) is 3.72. The predicted octanol–water partition coefficient (Wildman–Crippen LogP) is 1.86. The zero-order chi connectivity index (χ0) is 12.0. The van der Waals surface area contributed by atoms with Crippen LogP contribution in [0.3, 0.4) is 0 Å². The van der Waals surface area contributed by atoms with Gasteiger partial charge in [-0.05, 0) is 51.6 Å². The van der Waals surface area contributed by atoms with Crippen molar-refractivity contribution in [1.82, 2.24) is 4.90 Å². The molecule has 0 atom stereocenters. The molecule has 0 aromatic carbocycles. The molecule has 1 aliphatic rings. The van der Waals surface area contributed by atoms with Crippen molar-refractivity contribution in [2.45, 2.75) is 45.6 Å². The van der Waals surface area contributed by atoms with Gasteiger partial charge in [0.25, 0.3) is 0 Å². The van der Waals surface area contributed by atoms with E-state index in [9.17, 15) is 0 Å². The molecule has 1 rings (SSSR count). The number of methoxy groups -OCH3 is 1. The first-order valence-corrected chi connectivity index (χ1v) is 6.56. The predicted molar refractivity (Wildman–Crippen MR) is 68.5 cm³/mol. The molecule has 0 aliphatic heterocycles. The Hall–Kier alpha value is -0.120. The summed E-state index contributed by atoms with van der Waals surface area (Å²) in [5, 5.41) is 0. The molecule has 0 bridgehead atoms. The second kappa shape index (κ2) is 6.58. The van der Waals surface area contributed by atoms with Gasteiger partial charge in [0.05, 0.1) is 6.61 Å². The number of nitrogens with zero attached hydrogens (tertiary/aromatic N) is 1. The van der Waals surface area contributed by atoms with Gasteiger partial charge in [-0.1, -0.05) is 6.42 Å². The van der Waals surface area contributed by atoms with Crippen LogP contribution in [0.4, 0.5) is 0 Å². The molecule has 16 heavy (non-hydrogen) atoms. The highest BCUT2D eigenvalue weighted by Gasteiger charge is 2.35. The van der Waals surface area contributed by atoms with Crippen molar-refractivity contribution in [1.29, 1.82) is 0 Å². The minimum absolute atomic E-state index is 0.472. The van der Waals surface area contributed by atoms with E-state index in [4.69, 9.17) is 10.5 Å². The van der Waals surface area contributed by atoms with Gasteiger partial charge in [-0.15, -0.1) is 0 Å². The summed E-state index contributed by atoms with van der Waals surface area (Å²) in [6, 6.07) is 0.602. The SMILES string of the molecule is COCCN(CCC1(CN)CCC1)C(C)C. The number of nitrogens with two attached hydrogens (primary N) is 1. The molecule has 1 aliphatic carbocycles. The van der Waals surface area contributed by atoms with Crippen LogP contribution in [0.2, 0.25) is 0 Å². The summed E-state index contributed by atoms with van der Waals surface area (Å²) in [5.74, 6) is 0. The maximum atomic E-state index is 5.89. The lowest BCUT2D eigenvalue weighted by molar-refractivity contribution is 0.0801. The van der Waals surface area contributed by atoms with Crippen molar-refractivity contribution in [3.05, 3.63) is 0 Å². The first-order chi connectivity index (χ1) is 7.63. The van der Waals surface area contributed by atoms with E-state index in [2.05, 4.69) is 18.7 Å². The third-order valence-corrected chi connectivity index (χ3v) is 4.09. The van der Waals surface area contributed by atoms with Crippen molar-refractivity contribution < 1.29 is 4.74 Å². The van der Waals surface area contributed by atoms with Gasteiger partial charge in [-0.25, -0.2) is 0 Å². The Morgan fingerprint density at radius 3 is 2.38 bits per heavy atom. The fraction of sp³-hybridized carbons (Fsp3) is 1.00. The van der Waals surface area contributed by atoms with Gasteiger partial charge in [0, 0.05) is 19.7 Å². The minimum atomic E-state index is 0.472. The normalized spacial score (nSPS) is 19.1. The first-order valence-electron chi connectivity index (χ1n) is 6.56. The Balaban J connectivity index is 2.31. The van der Waals surface area contributed by atoms with Crippen molar-refractivity contribution in [3.8, 4) is 0 Å². The van der Waals surface area contributed by atoms with Crippen LogP contribution in [0.1, 0.15) is 39.5 Å². The molecule has 1 fully saturated rings. The van der Waals surface area contributed by atoms with E-state index in [1.165, 1.54) is 25.7 Å². The Morgan fingerprint density at radius 2 is 2.00 bits per heavy atom. The lowest BCUT2D eigenvalue weighted by Crippen LogP contribution is -2.42. The maximum Gasteiger partial charge on any atom is 0.0589 e. The second-order valence-electron chi connectivity index (χ2n) is 5.43. The van der Waals surface area contributed by atoms with E-state index in [0.29, 0.717) is 11.5 Å². The van der Waals surface area contributed by atoms with E-state index < -0.39 is 0 Å². The zero-order valence-corrected chi connectivity index (χ0v) is 11.2. The molecule has 0 spiro atoms. The summed E-state index contributed by atoms with van der Waals surface area (Å²) in [6.45, 7) is 8.40. The highest BCUT2D eigenvalue weighted by atomic mass is 16.5. The Labute approximate surface area is 100 Å². The van der Waals surface area contributed by atoms with Gasteiger partial charge >= 0.3 is 0 Å². The lowest BCUT2D eigenvalue weighted by atomic mass is 9.66. The quantitative estimate of drug-likeness (QED) is 0.689. The summed E-state index contributed by atoms with van der Waals surface area (Å²) >= 11 is 0. The highest BCUT2D eigenvalue weighted by Crippen LogP contribution is 2.42. The molecule has 0 heterocycles. The number of rotatable bonds is 8. The summed E-state index contributed by atoms with van der Waals surface area (Å²) in [6.07, 6.45) is 5.29. The molecule has 0 radical (unpaired) electrons. The molecular formula is C13H28N2O. The molecule has 3 heteroatoms. The van der Waals surface area contributed by atoms with Crippen molar-refractivity contribution >= 4 is 0 Å². The molecule has 0 aromatic rings. The van der Waals surface area contributed by atoms with Crippen molar-refractivity contribution in [2.24, 2.45) is 11.1 Å². The first kappa shape index (κ1) is 13.9. The molecule has 3 nitrogen and oxygen atoms in total. The van der Waals surface area contributed by atoms with Crippen molar-refractivity contribution in [3.63, 3.8) is 0 Å². The molecule has 0 amide bonds. The smallest absolute Gasteiger partial charge is 0.0589 e. The van der Waals surface area contributed by atoms with Crippen LogP contribution in [0.15, 0.2) is 0 Å². The molecule has 0 unspecified atom stereocenters. The second-order valence-corrected chi connectivity index (χ2v) is 5.43. The summed E-state index contributed by atoms with van der Waals surface area (Å²) in [4.78, 5) is 2.50. The Kier molecular flexibility index (Phi) is 5.73. The number of hydrogen-bond acceptors (Lipinski definition) is 3. The van der Waals surface area contributed by atoms with Crippen LogP contribution in [0, 0.1) is 5.41 Å². The van der Waals surface area contributed by atoms with Gasteiger partial charge in [0.15, 0.2) is 0 Å². The van der Waals surface area contributed by atoms with Gasteiger partial charge in [0.2, 0.25) is 0 Å². The van der Waals surface area contributed by atoms with Crippen LogP contribution in [-0.2, 0) is 4.74 Å². The van der Waals surface area contributed by atoms with E-state index >= 15 is 0 Å². The Morgan fingerprint density at radius 1 is 1.31 bits per heavy atom. The topological polar surface area (TPSA) is 38.5 Å². The minimum Gasteiger partial charge on any atom is -0.383 e. The van der Waals surface area contributed by atoms with Crippen LogP contribution in [0.5, 0.6) is 0 Å². The largest absolute Gasteiger partial charge is 0.383 e. The van der Waals surface area contributed by atoms with Crippen LogP contribution < -0.4 is 5.73 Å². The average molecular weight is 228 g/mol. The summed E-state index contributed by atoms with van der Waals surface area (Å²) < 4.78 is 5.15. The van der Waals surface area contributed by atoms with Crippen molar-refractivity contribution in [2.75, 3.05) is 33.4 Å². The van der Waals surface area contributed by atoms with Crippen LogP contribution >= 0.6 is 0 Å². The number of ether oxygens (including phenoxy) is 1. The highest BCUT2D eigenvalue weighted by molar-refractivity contribution is 4.89. The standard InChI is InChI=1S/C13H28N2O/c1-12(2)15(9-10-16-3)8-7-13(11-14)5-4-6-13/h12H,4-11,14H2,1-3H3. The van der Waals surface area contributed by atoms with E-state index in [1.807, 2.05) is 0 Å². The van der Waals surface area contributed by atoms with Gasteiger partial charge in [-0.2, -0.15) is 0 Å². The fourth-order valence-corrected chi connectivity index (χ4v) is 2.45. The Bertz CT molecular complexity index is 185. The zero-order valence-electron chi connectivity index (χ0n) is 11.2. The summed E-state index contributed by atoms with van der Waals surface area (Å²) in [7, 11) is 1.77. The molecule has 2 N–H and O–H groups in total.